The Hall–Kier alpha value is -1.06. The summed E-state index contributed by atoms with van der Waals surface area (Å²) in [4.78, 5) is 13.0. The largest absolute Gasteiger partial charge is 0.369 e. The molecule has 0 saturated carbocycles. The molecule has 6 nitrogen and oxygen atoms in total. The topological polar surface area (TPSA) is 46.1 Å². The van der Waals surface area contributed by atoms with Crippen LogP contribution in [-0.2, 0) is 0 Å². The van der Waals surface area contributed by atoms with E-state index in [4.69, 9.17) is 4.99 Å². The van der Waals surface area contributed by atoms with Gasteiger partial charge in [0.05, 0.1) is 6.54 Å². The quantitative estimate of drug-likeness (QED) is 0.311. The lowest BCUT2D eigenvalue weighted by atomic mass is 9.84. The van der Waals surface area contributed by atoms with Gasteiger partial charge < -0.3 is 20.4 Å². The van der Waals surface area contributed by atoms with Gasteiger partial charge in [-0.05, 0) is 90.8 Å². The van der Waals surface area contributed by atoms with Gasteiger partial charge in [0.1, 0.15) is 0 Å². The lowest BCUT2D eigenvalue weighted by Crippen LogP contribution is -2.58. The maximum atomic E-state index is 5.22. The highest BCUT2D eigenvalue weighted by Crippen LogP contribution is 2.31. The molecule has 1 unspecified atom stereocenters. The second kappa shape index (κ2) is 13.1. The van der Waals surface area contributed by atoms with E-state index in [-0.39, 0.29) is 29.5 Å². The number of aliphatic imine (C=N–C) groups is 1. The average molecular weight is 569 g/mol. The van der Waals surface area contributed by atoms with Crippen molar-refractivity contribution in [3.05, 3.63) is 30.3 Å². The molecule has 1 aromatic rings. The summed E-state index contributed by atoms with van der Waals surface area (Å²) < 4.78 is 0. The molecule has 3 aliphatic rings. The standard InChI is InChI=1S/C26H44N6.HI/c1-3-27-25(29-23-11-10-16-31(21-23)24-12-6-4-7-13-24)28-22-26(14-19-30(2)20-15-26)32-17-8-5-9-18-32;/h4,6-7,12-13,23H,3,5,8-11,14-22H2,1-2H3,(H2,27,28,29);1H. The Morgan fingerprint density at radius 2 is 1.73 bits per heavy atom. The van der Waals surface area contributed by atoms with Crippen LogP contribution in [-0.4, -0.2) is 86.7 Å². The first kappa shape index (κ1) is 26.5. The fraction of sp³-hybridized carbons (Fsp3) is 0.731. The molecule has 3 heterocycles. The Kier molecular flexibility index (Phi) is 10.6. The molecular formula is C26H45IN6. The summed E-state index contributed by atoms with van der Waals surface area (Å²) in [6, 6.07) is 11.3. The van der Waals surface area contributed by atoms with E-state index in [1.807, 2.05) is 0 Å². The van der Waals surface area contributed by atoms with Crippen molar-refractivity contribution in [1.82, 2.24) is 20.4 Å². The normalized spacial score (nSPS) is 24.7. The average Bonchev–Trinajstić information content (AvgIpc) is 2.85. The summed E-state index contributed by atoms with van der Waals surface area (Å²) in [5, 5.41) is 7.34. The van der Waals surface area contributed by atoms with Crippen molar-refractivity contribution in [3.63, 3.8) is 0 Å². The first-order valence-electron chi connectivity index (χ1n) is 13.0. The molecule has 0 radical (unpaired) electrons. The van der Waals surface area contributed by atoms with E-state index in [2.05, 4.69) is 69.6 Å². The Morgan fingerprint density at radius 3 is 2.42 bits per heavy atom. The first-order chi connectivity index (χ1) is 15.7. The van der Waals surface area contributed by atoms with Gasteiger partial charge in [-0.2, -0.15) is 0 Å². The van der Waals surface area contributed by atoms with Crippen LogP contribution in [0.25, 0.3) is 0 Å². The summed E-state index contributed by atoms with van der Waals surface area (Å²) in [5.41, 5.74) is 1.56. The van der Waals surface area contributed by atoms with Crippen molar-refractivity contribution < 1.29 is 0 Å². The number of para-hydroxylation sites is 1. The summed E-state index contributed by atoms with van der Waals surface area (Å²) in [7, 11) is 2.26. The van der Waals surface area contributed by atoms with Gasteiger partial charge in [0.25, 0.3) is 0 Å². The molecule has 0 spiro atoms. The summed E-state index contributed by atoms with van der Waals surface area (Å²) in [5.74, 6) is 1.00. The minimum Gasteiger partial charge on any atom is -0.369 e. The molecule has 1 aromatic carbocycles. The highest BCUT2D eigenvalue weighted by atomic mass is 127. The number of nitrogens with one attached hydrogen (secondary N) is 2. The Labute approximate surface area is 218 Å². The van der Waals surface area contributed by atoms with Crippen molar-refractivity contribution in [2.45, 2.75) is 63.5 Å². The molecule has 0 amide bonds. The zero-order valence-corrected chi connectivity index (χ0v) is 23.1. The van der Waals surface area contributed by atoms with Gasteiger partial charge in [-0.1, -0.05) is 24.6 Å². The maximum absolute atomic E-state index is 5.22. The first-order valence-corrected chi connectivity index (χ1v) is 13.0. The molecule has 2 N–H and O–H groups in total. The zero-order chi connectivity index (χ0) is 22.2. The molecule has 0 aliphatic carbocycles. The number of nitrogens with zero attached hydrogens (tertiary/aromatic N) is 4. The SMILES string of the molecule is CCNC(=NCC1(N2CCCCC2)CCN(C)CC1)NC1CCCN(c2ccccc2)C1.I. The smallest absolute Gasteiger partial charge is 0.191 e. The summed E-state index contributed by atoms with van der Waals surface area (Å²) in [6.45, 7) is 11.0. The van der Waals surface area contributed by atoms with Crippen LogP contribution in [0, 0.1) is 0 Å². The molecule has 3 fully saturated rings. The van der Waals surface area contributed by atoms with Crippen molar-refractivity contribution in [2.24, 2.45) is 4.99 Å². The fourth-order valence-electron chi connectivity index (χ4n) is 5.69. The Bertz CT molecular complexity index is 713. The molecule has 0 aromatic heterocycles. The zero-order valence-electron chi connectivity index (χ0n) is 20.8. The van der Waals surface area contributed by atoms with E-state index in [1.165, 1.54) is 76.8 Å². The third kappa shape index (κ3) is 7.21. The highest BCUT2D eigenvalue weighted by Gasteiger charge is 2.39. The lowest BCUT2D eigenvalue weighted by Gasteiger charge is -2.49. The third-order valence-corrected chi connectivity index (χ3v) is 7.70. The van der Waals surface area contributed by atoms with Gasteiger partial charge in [-0.25, -0.2) is 0 Å². The molecule has 1 atom stereocenters. The van der Waals surface area contributed by atoms with Crippen LogP contribution in [0.1, 0.15) is 51.9 Å². The maximum Gasteiger partial charge on any atom is 0.191 e. The van der Waals surface area contributed by atoms with Gasteiger partial charge in [0.2, 0.25) is 0 Å². The van der Waals surface area contributed by atoms with E-state index in [9.17, 15) is 0 Å². The minimum absolute atomic E-state index is 0. The second-order valence-electron chi connectivity index (χ2n) is 10.0. The molecule has 7 heteroatoms. The van der Waals surface area contributed by atoms with E-state index in [1.54, 1.807) is 0 Å². The van der Waals surface area contributed by atoms with Gasteiger partial charge in [-0.3, -0.25) is 9.89 Å². The van der Waals surface area contributed by atoms with Crippen LogP contribution in [0.3, 0.4) is 0 Å². The fourth-order valence-corrected chi connectivity index (χ4v) is 5.69. The highest BCUT2D eigenvalue weighted by molar-refractivity contribution is 14.0. The summed E-state index contributed by atoms with van der Waals surface area (Å²) >= 11 is 0. The molecular weight excluding hydrogens is 523 g/mol. The van der Waals surface area contributed by atoms with Crippen LogP contribution in [0.4, 0.5) is 5.69 Å². The number of anilines is 1. The predicted molar refractivity (Wildman–Crippen MR) is 151 cm³/mol. The number of hydrogen-bond acceptors (Lipinski definition) is 4. The van der Waals surface area contributed by atoms with Crippen molar-refractivity contribution in [2.75, 3.05) is 64.3 Å². The molecule has 3 saturated heterocycles. The number of guanidine groups is 1. The van der Waals surface area contributed by atoms with Gasteiger partial charge >= 0.3 is 0 Å². The monoisotopic (exact) mass is 568 g/mol. The van der Waals surface area contributed by atoms with E-state index >= 15 is 0 Å². The van der Waals surface area contributed by atoms with Crippen LogP contribution in [0.5, 0.6) is 0 Å². The number of rotatable bonds is 6. The third-order valence-electron chi connectivity index (χ3n) is 7.70. The molecule has 4 rings (SSSR count). The van der Waals surface area contributed by atoms with E-state index < -0.39 is 0 Å². The number of likely N-dealkylation sites (tertiary alicyclic amines) is 2. The predicted octanol–water partition coefficient (Wildman–Crippen LogP) is 3.78. The molecule has 186 valence electrons. The van der Waals surface area contributed by atoms with Crippen molar-refractivity contribution in [1.29, 1.82) is 0 Å². The van der Waals surface area contributed by atoms with Crippen molar-refractivity contribution >= 4 is 35.6 Å². The van der Waals surface area contributed by atoms with Gasteiger partial charge in [0, 0.05) is 36.9 Å². The van der Waals surface area contributed by atoms with Crippen LogP contribution in [0.2, 0.25) is 0 Å². The van der Waals surface area contributed by atoms with Crippen LogP contribution >= 0.6 is 24.0 Å². The van der Waals surface area contributed by atoms with Crippen LogP contribution in [0.15, 0.2) is 35.3 Å². The molecule has 3 aliphatic heterocycles. The molecule has 0 bridgehead atoms. The second-order valence-corrected chi connectivity index (χ2v) is 10.0. The number of piperidine rings is 3. The summed E-state index contributed by atoms with van der Waals surface area (Å²) in [6.07, 6.45) is 8.97. The van der Waals surface area contributed by atoms with E-state index in [0.717, 1.165) is 32.1 Å². The number of hydrogen-bond donors (Lipinski definition) is 2. The lowest BCUT2D eigenvalue weighted by molar-refractivity contribution is 0.0208. The Balaban J connectivity index is 0.00000306. The van der Waals surface area contributed by atoms with Gasteiger partial charge in [-0.15, -0.1) is 24.0 Å². The van der Waals surface area contributed by atoms with E-state index in [0.29, 0.717) is 6.04 Å². The molecule has 33 heavy (non-hydrogen) atoms. The number of halogens is 1. The minimum atomic E-state index is 0. The van der Waals surface area contributed by atoms with Crippen molar-refractivity contribution in [3.8, 4) is 0 Å². The van der Waals surface area contributed by atoms with Gasteiger partial charge in [0.15, 0.2) is 5.96 Å². The number of benzene rings is 1. The Morgan fingerprint density at radius 1 is 1.00 bits per heavy atom. The van der Waals surface area contributed by atoms with Crippen LogP contribution < -0.4 is 15.5 Å².